The number of aromatic nitrogens is 3. The second-order valence-electron chi connectivity index (χ2n) is 6.95. The fourth-order valence-electron chi connectivity index (χ4n) is 3.38. The van der Waals surface area contributed by atoms with E-state index in [1.165, 1.54) is 21.9 Å². The monoisotopic (exact) mass is 461 g/mol. The molecule has 9 heteroatoms. The van der Waals surface area contributed by atoms with Gasteiger partial charge < -0.3 is 10.2 Å². The zero-order valence-corrected chi connectivity index (χ0v) is 17.8. The maximum Gasteiger partial charge on any atom is 0.275 e. The van der Waals surface area contributed by atoms with Crippen LogP contribution in [0.3, 0.4) is 0 Å². The molecule has 1 fully saturated rings. The molecule has 4 rings (SSSR count). The van der Waals surface area contributed by atoms with Gasteiger partial charge in [-0.3, -0.25) is 9.59 Å². The van der Waals surface area contributed by atoms with Crippen LogP contribution in [-0.2, 0) is 11.3 Å². The highest BCUT2D eigenvalue weighted by atomic mass is 79.9. The van der Waals surface area contributed by atoms with Gasteiger partial charge in [-0.1, -0.05) is 39.4 Å². The Morgan fingerprint density at radius 2 is 2.25 bits per heavy atom. The summed E-state index contributed by atoms with van der Waals surface area (Å²) in [6.07, 6.45) is 1.76. The van der Waals surface area contributed by atoms with Crippen molar-refractivity contribution in [3.8, 4) is 0 Å². The molecule has 3 aromatic rings. The molecule has 0 unspecified atom stereocenters. The third-order valence-corrected chi connectivity index (χ3v) is 6.24. The van der Waals surface area contributed by atoms with E-state index in [-0.39, 0.29) is 17.4 Å². The first-order valence-corrected chi connectivity index (χ1v) is 10.8. The number of nitrogens with one attached hydrogen (secondary N) is 1. The fraction of sp³-hybridized carbons (Fsp3) is 0.368. The van der Waals surface area contributed by atoms with Gasteiger partial charge in [0.1, 0.15) is 0 Å². The average molecular weight is 462 g/mol. The molecule has 7 nitrogen and oxygen atoms in total. The Morgan fingerprint density at radius 1 is 1.39 bits per heavy atom. The molecule has 1 saturated heterocycles. The Labute approximate surface area is 174 Å². The van der Waals surface area contributed by atoms with Crippen molar-refractivity contribution in [3.63, 3.8) is 0 Å². The maximum atomic E-state index is 12.7. The molecule has 1 aromatic carbocycles. The van der Waals surface area contributed by atoms with Crippen molar-refractivity contribution >= 4 is 43.3 Å². The molecule has 1 aliphatic heterocycles. The number of piperidine rings is 1. The maximum absolute atomic E-state index is 12.7. The summed E-state index contributed by atoms with van der Waals surface area (Å²) in [6, 6.07) is 9.39. The van der Waals surface area contributed by atoms with E-state index >= 15 is 0 Å². The molecule has 1 amide bonds. The number of halogens is 1. The third-order valence-electron chi connectivity index (χ3n) is 4.78. The van der Waals surface area contributed by atoms with Crippen LogP contribution in [0.2, 0.25) is 0 Å². The Hall–Kier alpha value is -2.26. The van der Waals surface area contributed by atoms with Gasteiger partial charge in [-0.25, -0.2) is 4.98 Å². The number of aryl methyl sites for hydroxylation is 1. The minimum absolute atomic E-state index is 0.0527. The van der Waals surface area contributed by atoms with Crippen LogP contribution in [0.25, 0.3) is 4.96 Å². The van der Waals surface area contributed by atoms with Gasteiger partial charge in [-0.2, -0.15) is 4.52 Å². The molecule has 0 aliphatic carbocycles. The summed E-state index contributed by atoms with van der Waals surface area (Å²) in [7, 11) is 0. The first-order valence-electron chi connectivity index (χ1n) is 9.14. The number of anilines is 1. The number of amides is 1. The van der Waals surface area contributed by atoms with Crippen LogP contribution in [0.4, 0.5) is 5.13 Å². The van der Waals surface area contributed by atoms with E-state index in [0.717, 1.165) is 34.6 Å². The molecule has 2 aromatic heterocycles. The number of benzene rings is 1. The van der Waals surface area contributed by atoms with Gasteiger partial charge in [0.2, 0.25) is 16.0 Å². The predicted molar refractivity (Wildman–Crippen MR) is 113 cm³/mol. The molecule has 0 radical (unpaired) electrons. The molecule has 1 aliphatic rings. The van der Waals surface area contributed by atoms with Crippen molar-refractivity contribution in [2.24, 2.45) is 5.92 Å². The van der Waals surface area contributed by atoms with Gasteiger partial charge in [0, 0.05) is 35.9 Å². The normalized spacial score (nSPS) is 17.1. The van der Waals surface area contributed by atoms with Crippen molar-refractivity contribution in [1.29, 1.82) is 0 Å². The molecule has 3 heterocycles. The Balaban J connectivity index is 1.44. The summed E-state index contributed by atoms with van der Waals surface area (Å²) in [5, 5.41) is 8.20. The number of hydrogen-bond acceptors (Lipinski definition) is 6. The lowest BCUT2D eigenvalue weighted by molar-refractivity contribution is -0.125. The van der Waals surface area contributed by atoms with E-state index in [1.54, 1.807) is 6.92 Å². The molecule has 0 bridgehead atoms. The van der Waals surface area contributed by atoms with Crippen molar-refractivity contribution in [1.82, 2.24) is 19.9 Å². The number of carbonyl (C=O) groups excluding carboxylic acids is 1. The molecule has 0 saturated carbocycles. The van der Waals surface area contributed by atoms with Gasteiger partial charge >= 0.3 is 0 Å². The highest BCUT2D eigenvalue weighted by Crippen LogP contribution is 2.27. The van der Waals surface area contributed by atoms with Crippen LogP contribution in [0.15, 0.2) is 39.6 Å². The lowest BCUT2D eigenvalue weighted by Gasteiger charge is -2.31. The second-order valence-corrected chi connectivity index (χ2v) is 8.80. The fourth-order valence-corrected chi connectivity index (χ4v) is 4.82. The molecule has 28 heavy (non-hydrogen) atoms. The van der Waals surface area contributed by atoms with E-state index in [4.69, 9.17) is 0 Å². The molecule has 0 spiro atoms. The number of nitrogens with zero attached hydrogens (tertiary/aromatic N) is 4. The summed E-state index contributed by atoms with van der Waals surface area (Å²) in [5.41, 5.74) is 1.57. The van der Waals surface area contributed by atoms with Gasteiger partial charge in [0.15, 0.2) is 0 Å². The van der Waals surface area contributed by atoms with Gasteiger partial charge in [-0.05, 0) is 37.5 Å². The van der Waals surface area contributed by atoms with Crippen molar-refractivity contribution < 1.29 is 4.79 Å². The van der Waals surface area contributed by atoms with Crippen LogP contribution in [0.1, 0.15) is 24.1 Å². The summed E-state index contributed by atoms with van der Waals surface area (Å²) >= 11 is 4.84. The quantitative estimate of drug-likeness (QED) is 0.645. The minimum atomic E-state index is -0.176. The number of rotatable bonds is 4. The number of hydrogen-bond donors (Lipinski definition) is 1. The largest absolute Gasteiger partial charge is 0.352 e. The minimum Gasteiger partial charge on any atom is -0.352 e. The summed E-state index contributed by atoms with van der Waals surface area (Å²) in [4.78, 5) is 31.8. The average Bonchev–Trinajstić information content (AvgIpc) is 3.11. The van der Waals surface area contributed by atoms with Crippen molar-refractivity contribution in [2.45, 2.75) is 26.3 Å². The van der Waals surface area contributed by atoms with Crippen LogP contribution in [0.5, 0.6) is 0 Å². The zero-order chi connectivity index (χ0) is 19.7. The highest BCUT2D eigenvalue weighted by molar-refractivity contribution is 9.10. The van der Waals surface area contributed by atoms with Crippen molar-refractivity contribution in [3.05, 3.63) is 56.4 Å². The summed E-state index contributed by atoms with van der Waals surface area (Å²) < 4.78 is 2.34. The smallest absolute Gasteiger partial charge is 0.275 e. The topological polar surface area (TPSA) is 79.6 Å². The zero-order valence-electron chi connectivity index (χ0n) is 15.4. The van der Waals surface area contributed by atoms with E-state index in [2.05, 4.69) is 36.2 Å². The first kappa shape index (κ1) is 19.1. The van der Waals surface area contributed by atoms with E-state index in [1.807, 2.05) is 24.3 Å². The second kappa shape index (κ2) is 8.00. The van der Waals surface area contributed by atoms with E-state index in [0.29, 0.717) is 23.7 Å². The lowest BCUT2D eigenvalue weighted by Crippen LogP contribution is -2.43. The standard InChI is InChI=1S/C19H20BrN5O2S/c1-12-8-16(26)25-18(22-12)28-19(23-25)24-7-3-5-14(11-24)17(27)21-10-13-4-2-6-15(20)9-13/h2,4,6,8-9,14H,3,5,7,10-11H2,1H3,(H,21,27)/t14-/m0/s1. The van der Waals surface area contributed by atoms with E-state index < -0.39 is 0 Å². The number of fused-ring (bicyclic) bond motifs is 1. The highest BCUT2D eigenvalue weighted by Gasteiger charge is 2.27. The van der Waals surface area contributed by atoms with Gasteiger partial charge in [0.05, 0.1) is 5.92 Å². The van der Waals surface area contributed by atoms with E-state index in [9.17, 15) is 9.59 Å². The van der Waals surface area contributed by atoms with Crippen LogP contribution in [-0.4, -0.2) is 33.6 Å². The van der Waals surface area contributed by atoms with Crippen LogP contribution >= 0.6 is 27.3 Å². The first-order chi connectivity index (χ1) is 13.5. The SMILES string of the molecule is Cc1cc(=O)n2nc(N3CCC[C@H](C(=O)NCc4cccc(Br)c4)C3)sc2n1. The number of carbonyl (C=O) groups is 1. The van der Waals surface area contributed by atoms with Crippen LogP contribution in [0, 0.1) is 12.8 Å². The molecular weight excluding hydrogens is 442 g/mol. The van der Waals surface area contributed by atoms with Crippen molar-refractivity contribution in [2.75, 3.05) is 18.0 Å². The summed E-state index contributed by atoms with van der Waals surface area (Å²) in [6.45, 7) is 3.72. The summed E-state index contributed by atoms with van der Waals surface area (Å²) in [5.74, 6) is -0.0451. The third kappa shape index (κ3) is 4.10. The molecular formula is C19H20BrN5O2S. The Kier molecular flexibility index (Phi) is 5.45. The molecule has 1 atom stereocenters. The molecule has 1 N–H and O–H groups in total. The Morgan fingerprint density at radius 3 is 3.07 bits per heavy atom. The Bertz CT molecular complexity index is 1080. The molecule has 146 valence electrons. The predicted octanol–water partition coefficient (Wildman–Crippen LogP) is 2.75. The van der Waals surface area contributed by atoms with Gasteiger partial charge in [-0.15, -0.1) is 5.10 Å². The van der Waals surface area contributed by atoms with Crippen LogP contribution < -0.4 is 15.8 Å². The van der Waals surface area contributed by atoms with Gasteiger partial charge in [0.25, 0.3) is 5.56 Å². The lowest BCUT2D eigenvalue weighted by atomic mass is 9.97.